The first-order valence-corrected chi connectivity index (χ1v) is 7.98. The number of nitrogens with two attached hydrogens (primary N) is 1. The van der Waals surface area contributed by atoms with E-state index < -0.39 is 22.0 Å². The molecule has 1 aromatic carbocycles. The van der Waals surface area contributed by atoms with Gasteiger partial charge in [0, 0.05) is 6.04 Å². The second kappa shape index (κ2) is 7.00. The Morgan fingerprint density at radius 1 is 1.42 bits per heavy atom. The zero-order valence-electron chi connectivity index (χ0n) is 11.3. The highest BCUT2D eigenvalue weighted by molar-refractivity contribution is 7.91. The van der Waals surface area contributed by atoms with Crippen molar-refractivity contribution in [3.63, 3.8) is 0 Å². The van der Waals surface area contributed by atoms with E-state index in [1.54, 1.807) is 19.1 Å². The maximum absolute atomic E-state index is 11.8. The Balaban J connectivity index is 2.93. The molecule has 0 aliphatic carbocycles. The molecule has 108 valence electrons. The lowest BCUT2D eigenvalue weighted by Gasteiger charge is -2.19. The van der Waals surface area contributed by atoms with Gasteiger partial charge in [0.2, 0.25) is 0 Å². The highest BCUT2D eigenvalue weighted by Gasteiger charge is 2.19. The number of benzene rings is 1. The van der Waals surface area contributed by atoms with E-state index in [4.69, 9.17) is 5.73 Å². The summed E-state index contributed by atoms with van der Waals surface area (Å²) >= 11 is 0. The van der Waals surface area contributed by atoms with E-state index >= 15 is 0 Å². The molecule has 2 unspecified atom stereocenters. The number of hydrogen-bond acceptors (Lipinski definition) is 5. The Bertz CT molecular complexity index is 502. The third-order valence-electron chi connectivity index (χ3n) is 3.07. The van der Waals surface area contributed by atoms with Crippen LogP contribution >= 0.6 is 0 Å². The Morgan fingerprint density at radius 3 is 2.68 bits per heavy atom. The third kappa shape index (κ3) is 4.28. The zero-order valence-corrected chi connectivity index (χ0v) is 12.2. The van der Waals surface area contributed by atoms with Gasteiger partial charge < -0.3 is 16.2 Å². The molecule has 0 saturated carbocycles. The summed E-state index contributed by atoms with van der Waals surface area (Å²) in [6.07, 6.45) is -0.247. The van der Waals surface area contributed by atoms with Crippen LogP contribution in [0.1, 0.15) is 25.0 Å². The van der Waals surface area contributed by atoms with Crippen molar-refractivity contribution in [1.82, 2.24) is 5.32 Å². The van der Waals surface area contributed by atoms with E-state index in [1.165, 1.54) is 12.1 Å². The lowest BCUT2D eigenvalue weighted by Crippen LogP contribution is -2.31. The van der Waals surface area contributed by atoms with E-state index in [-0.39, 0.29) is 10.6 Å². The fourth-order valence-corrected chi connectivity index (χ4v) is 2.71. The van der Waals surface area contributed by atoms with Crippen molar-refractivity contribution in [1.29, 1.82) is 0 Å². The van der Waals surface area contributed by atoms with Crippen molar-refractivity contribution in [2.75, 3.05) is 19.3 Å². The molecule has 6 heteroatoms. The van der Waals surface area contributed by atoms with Crippen molar-refractivity contribution in [2.24, 2.45) is 5.73 Å². The van der Waals surface area contributed by atoms with E-state index in [2.05, 4.69) is 5.32 Å². The standard InChI is InChI=1S/C13H22N2O3S/c1-3-19(17,18)11-6-4-5-10(9-11)13(16)12(14)7-8-15-2/h4-6,9,12-13,15-16H,3,7-8,14H2,1-2H3. The lowest BCUT2D eigenvalue weighted by atomic mass is 10.0. The summed E-state index contributed by atoms with van der Waals surface area (Å²) < 4.78 is 23.6. The molecule has 0 saturated heterocycles. The van der Waals surface area contributed by atoms with Gasteiger partial charge in [-0.3, -0.25) is 0 Å². The molecule has 0 aromatic heterocycles. The number of aliphatic hydroxyl groups is 1. The molecule has 1 rings (SSSR count). The first kappa shape index (κ1) is 16.1. The van der Waals surface area contributed by atoms with Gasteiger partial charge in [0.25, 0.3) is 0 Å². The van der Waals surface area contributed by atoms with E-state index in [1.807, 2.05) is 7.05 Å². The first-order valence-electron chi connectivity index (χ1n) is 6.33. The Hall–Kier alpha value is -0.950. The molecule has 1 aromatic rings. The molecule has 2 atom stereocenters. The molecule has 0 spiro atoms. The van der Waals surface area contributed by atoms with Crippen LogP contribution in [0, 0.1) is 0 Å². The van der Waals surface area contributed by atoms with E-state index in [9.17, 15) is 13.5 Å². The average molecular weight is 286 g/mol. The van der Waals surface area contributed by atoms with Crippen LogP contribution in [-0.2, 0) is 9.84 Å². The van der Waals surface area contributed by atoms with E-state index in [0.717, 1.165) is 0 Å². The maximum atomic E-state index is 11.8. The van der Waals surface area contributed by atoms with Crippen LogP contribution in [0.15, 0.2) is 29.2 Å². The third-order valence-corrected chi connectivity index (χ3v) is 4.80. The van der Waals surface area contributed by atoms with Crippen LogP contribution in [-0.4, -0.2) is 38.9 Å². The van der Waals surface area contributed by atoms with Gasteiger partial charge in [-0.05, 0) is 37.7 Å². The SMILES string of the molecule is CCS(=O)(=O)c1cccc(C(O)C(N)CCNC)c1. The van der Waals surface area contributed by atoms with Crippen LogP contribution in [0.5, 0.6) is 0 Å². The van der Waals surface area contributed by atoms with Crippen molar-refractivity contribution in [3.8, 4) is 0 Å². The predicted octanol–water partition coefficient (Wildman–Crippen LogP) is 0.450. The van der Waals surface area contributed by atoms with Crippen LogP contribution < -0.4 is 11.1 Å². The summed E-state index contributed by atoms with van der Waals surface area (Å²) in [4.78, 5) is 0.229. The molecule has 5 nitrogen and oxygen atoms in total. The number of nitrogens with one attached hydrogen (secondary N) is 1. The van der Waals surface area contributed by atoms with Gasteiger partial charge in [-0.2, -0.15) is 0 Å². The number of aliphatic hydroxyl groups excluding tert-OH is 1. The normalized spacial score (nSPS) is 15.2. The van der Waals surface area contributed by atoms with Gasteiger partial charge >= 0.3 is 0 Å². The summed E-state index contributed by atoms with van der Waals surface area (Å²) in [6, 6.07) is 5.94. The van der Waals surface area contributed by atoms with Gasteiger partial charge in [0.1, 0.15) is 0 Å². The van der Waals surface area contributed by atoms with Gasteiger partial charge in [-0.25, -0.2) is 8.42 Å². The Kier molecular flexibility index (Phi) is 5.93. The van der Waals surface area contributed by atoms with Crippen LogP contribution in [0.2, 0.25) is 0 Å². The molecule has 0 fully saturated rings. The van der Waals surface area contributed by atoms with Crippen molar-refractivity contribution in [3.05, 3.63) is 29.8 Å². The monoisotopic (exact) mass is 286 g/mol. The second-order valence-corrected chi connectivity index (χ2v) is 6.76. The quantitative estimate of drug-likeness (QED) is 0.677. The first-order chi connectivity index (χ1) is 8.92. The van der Waals surface area contributed by atoms with Crippen molar-refractivity contribution < 1.29 is 13.5 Å². The Morgan fingerprint density at radius 2 is 2.11 bits per heavy atom. The fourth-order valence-electron chi connectivity index (χ4n) is 1.77. The maximum Gasteiger partial charge on any atom is 0.178 e. The van der Waals surface area contributed by atoms with Gasteiger partial charge in [0.05, 0.1) is 16.8 Å². The minimum atomic E-state index is -3.26. The molecule has 0 amide bonds. The number of rotatable bonds is 7. The van der Waals surface area contributed by atoms with Crippen LogP contribution in [0.3, 0.4) is 0 Å². The smallest absolute Gasteiger partial charge is 0.178 e. The fraction of sp³-hybridized carbons (Fsp3) is 0.538. The molecule has 0 heterocycles. The minimum absolute atomic E-state index is 0.0400. The summed E-state index contributed by atoms with van der Waals surface area (Å²) in [7, 11) is -1.45. The highest BCUT2D eigenvalue weighted by Crippen LogP contribution is 2.21. The van der Waals surface area contributed by atoms with Gasteiger partial charge in [-0.15, -0.1) is 0 Å². The second-order valence-electron chi connectivity index (χ2n) is 4.48. The van der Waals surface area contributed by atoms with Gasteiger partial charge in [-0.1, -0.05) is 19.1 Å². The minimum Gasteiger partial charge on any atom is -0.387 e. The molecular formula is C13H22N2O3S. The number of hydrogen-bond donors (Lipinski definition) is 3. The largest absolute Gasteiger partial charge is 0.387 e. The van der Waals surface area contributed by atoms with Crippen molar-refractivity contribution >= 4 is 9.84 Å². The zero-order chi connectivity index (χ0) is 14.5. The molecule has 19 heavy (non-hydrogen) atoms. The topological polar surface area (TPSA) is 92.4 Å². The summed E-state index contributed by atoms with van der Waals surface area (Å²) in [6.45, 7) is 2.29. The van der Waals surface area contributed by atoms with Crippen LogP contribution in [0.4, 0.5) is 0 Å². The summed E-state index contributed by atoms with van der Waals surface area (Å²) in [5.74, 6) is 0.0400. The van der Waals surface area contributed by atoms with Crippen LogP contribution in [0.25, 0.3) is 0 Å². The lowest BCUT2D eigenvalue weighted by molar-refractivity contribution is 0.142. The summed E-state index contributed by atoms with van der Waals surface area (Å²) in [5.41, 5.74) is 6.43. The summed E-state index contributed by atoms with van der Waals surface area (Å²) in [5, 5.41) is 13.1. The Labute approximate surface area is 114 Å². The van der Waals surface area contributed by atoms with E-state index in [0.29, 0.717) is 18.5 Å². The molecule has 4 N–H and O–H groups in total. The molecule has 0 aliphatic rings. The predicted molar refractivity (Wildman–Crippen MR) is 75.6 cm³/mol. The molecular weight excluding hydrogens is 264 g/mol. The average Bonchev–Trinajstić information content (AvgIpc) is 2.44. The molecule has 0 bridgehead atoms. The highest BCUT2D eigenvalue weighted by atomic mass is 32.2. The molecule has 0 aliphatic heterocycles. The van der Waals surface area contributed by atoms with Crippen molar-refractivity contribution in [2.45, 2.75) is 30.4 Å². The van der Waals surface area contributed by atoms with Gasteiger partial charge in [0.15, 0.2) is 9.84 Å². The molecule has 0 radical (unpaired) electrons. The number of sulfone groups is 1.